The fraction of sp³-hybridized carbons (Fsp3) is 0.400. The van der Waals surface area contributed by atoms with Crippen molar-refractivity contribution in [3.8, 4) is 0 Å². The Morgan fingerprint density at radius 1 is 1.59 bits per heavy atom. The van der Waals surface area contributed by atoms with Crippen LogP contribution in [0.25, 0.3) is 0 Å². The van der Waals surface area contributed by atoms with Gasteiger partial charge in [-0.25, -0.2) is 4.79 Å². The fourth-order valence-electron chi connectivity index (χ4n) is 1.74. The molecule has 0 aromatic carbocycles. The quantitative estimate of drug-likeness (QED) is 0.854. The molecule has 17 heavy (non-hydrogen) atoms. The van der Waals surface area contributed by atoms with Gasteiger partial charge in [-0.15, -0.1) is 11.3 Å². The van der Waals surface area contributed by atoms with E-state index in [1.165, 1.54) is 16.2 Å². The minimum Gasteiger partial charge on any atom is -0.480 e. The molecule has 1 aromatic rings. The summed E-state index contributed by atoms with van der Waals surface area (Å²) in [5.74, 6) is -1.20. The lowest BCUT2D eigenvalue weighted by Crippen LogP contribution is -2.56. The van der Waals surface area contributed by atoms with Gasteiger partial charge in [0.25, 0.3) is 5.91 Å². The van der Waals surface area contributed by atoms with Gasteiger partial charge in [0, 0.05) is 24.1 Å². The van der Waals surface area contributed by atoms with Crippen LogP contribution in [0.5, 0.6) is 0 Å². The largest absolute Gasteiger partial charge is 0.480 e. The second-order valence-electron chi connectivity index (χ2n) is 3.65. The molecule has 0 radical (unpaired) electrons. The molecule has 2 heterocycles. The van der Waals surface area contributed by atoms with Gasteiger partial charge >= 0.3 is 5.97 Å². The minimum absolute atomic E-state index is 0.222. The van der Waals surface area contributed by atoms with Crippen molar-refractivity contribution in [1.82, 2.24) is 10.2 Å². The molecule has 92 valence electrons. The normalized spacial score (nSPS) is 20.3. The molecule has 0 aliphatic carbocycles. The predicted octanol–water partition coefficient (Wildman–Crippen LogP) is 1.01. The number of hydrogen-bond donors (Lipinski definition) is 2. The molecule has 1 unspecified atom stereocenters. The lowest BCUT2D eigenvalue weighted by molar-refractivity contribution is -0.142. The van der Waals surface area contributed by atoms with E-state index in [2.05, 4.69) is 21.2 Å². The summed E-state index contributed by atoms with van der Waals surface area (Å²) >= 11 is 4.60. The van der Waals surface area contributed by atoms with E-state index in [4.69, 9.17) is 5.11 Å². The van der Waals surface area contributed by atoms with Crippen LogP contribution in [0, 0.1) is 0 Å². The molecule has 0 spiro atoms. The molecule has 1 saturated heterocycles. The number of nitrogens with one attached hydrogen (secondary N) is 1. The number of carboxylic acids is 1. The molecule has 1 fully saturated rings. The fourth-order valence-corrected chi connectivity index (χ4v) is 3.24. The first-order valence-electron chi connectivity index (χ1n) is 5.08. The molecular weight excluding hydrogens is 308 g/mol. The Morgan fingerprint density at radius 3 is 2.94 bits per heavy atom. The van der Waals surface area contributed by atoms with E-state index >= 15 is 0 Å². The zero-order valence-electron chi connectivity index (χ0n) is 8.85. The van der Waals surface area contributed by atoms with E-state index in [1.807, 2.05) is 0 Å². The maximum absolute atomic E-state index is 12.2. The Balaban J connectivity index is 2.23. The van der Waals surface area contributed by atoms with Gasteiger partial charge in [0.1, 0.15) is 10.9 Å². The molecular formula is C10H11BrN2O3S. The number of hydrogen-bond acceptors (Lipinski definition) is 4. The van der Waals surface area contributed by atoms with E-state index in [1.54, 1.807) is 11.4 Å². The van der Waals surface area contributed by atoms with Crippen molar-refractivity contribution in [1.29, 1.82) is 0 Å². The highest BCUT2D eigenvalue weighted by molar-refractivity contribution is 9.10. The first-order valence-corrected chi connectivity index (χ1v) is 6.76. The number of carboxylic acid groups (broad SMARTS) is 1. The number of piperazine rings is 1. The average molecular weight is 319 g/mol. The van der Waals surface area contributed by atoms with E-state index in [0.717, 1.165) is 4.47 Å². The Bertz CT molecular complexity index is 449. The maximum atomic E-state index is 12.2. The summed E-state index contributed by atoms with van der Waals surface area (Å²) in [6, 6.07) is 1.00. The first-order chi connectivity index (χ1) is 8.11. The molecule has 1 aliphatic rings. The van der Waals surface area contributed by atoms with Crippen LogP contribution in [-0.2, 0) is 4.79 Å². The molecule has 7 heteroatoms. The van der Waals surface area contributed by atoms with Gasteiger partial charge in [-0.05, 0) is 27.4 Å². The predicted molar refractivity (Wildman–Crippen MR) is 67.3 cm³/mol. The number of nitrogens with zero attached hydrogens (tertiary/aromatic N) is 1. The van der Waals surface area contributed by atoms with E-state index in [9.17, 15) is 9.59 Å². The highest BCUT2D eigenvalue weighted by Crippen LogP contribution is 2.25. The van der Waals surface area contributed by atoms with Crippen molar-refractivity contribution in [3.63, 3.8) is 0 Å². The number of amides is 1. The molecule has 2 rings (SSSR count). The van der Waals surface area contributed by atoms with Crippen LogP contribution in [0.3, 0.4) is 0 Å². The summed E-state index contributed by atoms with van der Waals surface area (Å²) in [5.41, 5.74) is 0. The lowest BCUT2D eigenvalue weighted by atomic mass is 10.2. The summed E-state index contributed by atoms with van der Waals surface area (Å²) in [6.45, 7) is 1.34. The molecule has 0 bridgehead atoms. The van der Waals surface area contributed by atoms with Crippen LogP contribution in [0.1, 0.15) is 9.67 Å². The number of aliphatic carboxylic acids is 1. The van der Waals surface area contributed by atoms with Crippen molar-refractivity contribution in [2.45, 2.75) is 6.04 Å². The Kier molecular flexibility index (Phi) is 3.80. The molecule has 1 amide bonds. The number of rotatable bonds is 2. The van der Waals surface area contributed by atoms with Crippen LogP contribution < -0.4 is 5.32 Å². The second-order valence-corrected chi connectivity index (χ2v) is 5.42. The Hall–Kier alpha value is -0.920. The average Bonchev–Trinajstić information content (AvgIpc) is 2.74. The standard InChI is InChI=1S/C10H11BrN2O3S/c11-6-1-4-17-8(6)9(14)13-3-2-12-5-7(13)10(15)16/h1,4,7,12H,2-3,5H2,(H,15,16). The maximum Gasteiger partial charge on any atom is 0.327 e. The number of halogens is 1. The van der Waals surface area contributed by atoms with E-state index < -0.39 is 12.0 Å². The summed E-state index contributed by atoms with van der Waals surface area (Å²) in [4.78, 5) is 25.3. The van der Waals surface area contributed by atoms with Gasteiger partial charge < -0.3 is 15.3 Å². The highest BCUT2D eigenvalue weighted by atomic mass is 79.9. The van der Waals surface area contributed by atoms with Gasteiger partial charge in [0.2, 0.25) is 0 Å². The van der Waals surface area contributed by atoms with Crippen LogP contribution in [0.4, 0.5) is 0 Å². The second kappa shape index (κ2) is 5.16. The van der Waals surface area contributed by atoms with Crippen LogP contribution >= 0.6 is 27.3 Å². The molecule has 2 N–H and O–H groups in total. The molecule has 1 aliphatic heterocycles. The highest BCUT2D eigenvalue weighted by Gasteiger charge is 2.33. The van der Waals surface area contributed by atoms with Crippen LogP contribution in [-0.4, -0.2) is 47.6 Å². The number of thiophene rings is 1. The molecule has 1 atom stereocenters. The number of carbonyl (C=O) groups excluding carboxylic acids is 1. The van der Waals surface area contributed by atoms with Crippen molar-refractivity contribution in [2.75, 3.05) is 19.6 Å². The smallest absolute Gasteiger partial charge is 0.327 e. The van der Waals surface area contributed by atoms with Gasteiger partial charge in [0.15, 0.2) is 0 Å². The van der Waals surface area contributed by atoms with E-state index in [0.29, 0.717) is 24.5 Å². The third-order valence-corrected chi connectivity index (χ3v) is 4.43. The van der Waals surface area contributed by atoms with Crippen LogP contribution in [0.15, 0.2) is 15.9 Å². The molecule has 1 aromatic heterocycles. The minimum atomic E-state index is -0.974. The van der Waals surface area contributed by atoms with Crippen molar-refractivity contribution >= 4 is 39.1 Å². The van der Waals surface area contributed by atoms with E-state index in [-0.39, 0.29) is 5.91 Å². The van der Waals surface area contributed by atoms with Gasteiger partial charge in [-0.1, -0.05) is 0 Å². The Morgan fingerprint density at radius 2 is 2.35 bits per heavy atom. The van der Waals surface area contributed by atoms with Crippen molar-refractivity contribution in [3.05, 3.63) is 20.8 Å². The SMILES string of the molecule is O=C(O)C1CNCCN1C(=O)c1sccc1Br. The topological polar surface area (TPSA) is 69.6 Å². The van der Waals surface area contributed by atoms with Crippen molar-refractivity contribution < 1.29 is 14.7 Å². The summed E-state index contributed by atoms with van der Waals surface area (Å²) in [5, 5.41) is 13.9. The van der Waals surface area contributed by atoms with Gasteiger partial charge in [-0.2, -0.15) is 0 Å². The number of carbonyl (C=O) groups is 2. The molecule has 0 saturated carbocycles. The Labute approximate surface area is 111 Å². The third-order valence-electron chi connectivity index (χ3n) is 2.60. The third kappa shape index (κ3) is 2.51. The van der Waals surface area contributed by atoms with Crippen LogP contribution in [0.2, 0.25) is 0 Å². The zero-order chi connectivity index (χ0) is 12.4. The van der Waals surface area contributed by atoms with Crippen molar-refractivity contribution in [2.24, 2.45) is 0 Å². The first kappa shape index (κ1) is 12.5. The zero-order valence-corrected chi connectivity index (χ0v) is 11.3. The summed E-state index contributed by atoms with van der Waals surface area (Å²) in [7, 11) is 0. The summed E-state index contributed by atoms with van der Waals surface area (Å²) < 4.78 is 0.718. The van der Waals surface area contributed by atoms with Gasteiger partial charge in [0.05, 0.1) is 0 Å². The molecule has 5 nitrogen and oxygen atoms in total. The lowest BCUT2D eigenvalue weighted by Gasteiger charge is -2.33. The summed E-state index contributed by atoms with van der Waals surface area (Å²) in [6.07, 6.45) is 0. The van der Waals surface area contributed by atoms with Gasteiger partial charge in [-0.3, -0.25) is 4.79 Å². The monoisotopic (exact) mass is 318 g/mol.